The summed E-state index contributed by atoms with van der Waals surface area (Å²) in [7, 11) is 0. The summed E-state index contributed by atoms with van der Waals surface area (Å²) in [5.74, 6) is 0.909. The summed E-state index contributed by atoms with van der Waals surface area (Å²) in [6.07, 6.45) is 2.10. The van der Waals surface area contributed by atoms with Crippen molar-refractivity contribution in [3.05, 3.63) is 108 Å². The second-order valence-corrected chi connectivity index (χ2v) is 7.77. The minimum absolute atomic E-state index is 0.909. The lowest BCUT2D eigenvalue weighted by Crippen LogP contribution is -1.89. The molecule has 0 fully saturated rings. The Kier molecular flexibility index (Phi) is 7.17. The average Bonchev–Trinajstić information content (AvgIpc) is 2.69. The quantitative estimate of drug-likeness (QED) is 0.255. The summed E-state index contributed by atoms with van der Waals surface area (Å²) in [5, 5.41) is 3.13. The van der Waals surface area contributed by atoms with Gasteiger partial charge in [0.15, 0.2) is 0 Å². The number of thioether (sulfide) groups is 2. The third kappa shape index (κ3) is 6.25. The Bertz CT molecular complexity index is 854. The van der Waals surface area contributed by atoms with Crippen LogP contribution in [0, 0.1) is 6.92 Å². The molecule has 130 valence electrons. The van der Waals surface area contributed by atoms with Gasteiger partial charge in [-0.1, -0.05) is 78.0 Å². The summed E-state index contributed by atoms with van der Waals surface area (Å²) >= 11 is 3.47. The fraction of sp³-hybridized carbons (Fsp3) is 0.0870. The molecule has 0 amide bonds. The maximum atomic E-state index is 4.83. The molecule has 1 nitrogen and oxygen atoms in total. The molecule has 26 heavy (non-hydrogen) atoms. The van der Waals surface area contributed by atoms with Crippen LogP contribution in [-0.4, -0.2) is 5.04 Å². The van der Waals surface area contributed by atoms with Crippen molar-refractivity contribution >= 4 is 34.3 Å². The van der Waals surface area contributed by atoms with E-state index in [-0.39, 0.29) is 0 Å². The fourth-order valence-electron chi connectivity index (χ4n) is 2.27. The molecule has 0 N–H and O–H groups in total. The van der Waals surface area contributed by atoms with Crippen LogP contribution < -0.4 is 0 Å². The van der Waals surface area contributed by atoms with E-state index in [2.05, 4.69) is 91.2 Å². The lowest BCUT2D eigenvalue weighted by Gasteiger charge is -2.04. The second kappa shape index (κ2) is 10.0. The van der Waals surface area contributed by atoms with Crippen molar-refractivity contribution in [3.8, 4) is 0 Å². The van der Waals surface area contributed by atoms with Crippen molar-refractivity contribution in [1.82, 2.24) is 0 Å². The summed E-state index contributed by atoms with van der Waals surface area (Å²) in [4.78, 5) is 6.05. The lowest BCUT2D eigenvalue weighted by molar-refractivity contribution is 1.42. The largest absolute Gasteiger partial charge is 0.242 e. The van der Waals surface area contributed by atoms with Crippen LogP contribution in [0.4, 0.5) is 5.69 Å². The number of aliphatic imine (C=N–C) groups is 1. The van der Waals surface area contributed by atoms with Crippen molar-refractivity contribution < 1.29 is 0 Å². The molecule has 0 bridgehead atoms. The first-order valence-corrected chi connectivity index (χ1v) is 10.4. The van der Waals surface area contributed by atoms with Crippen LogP contribution >= 0.6 is 23.5 Å². The smallest absolute Gasteiger partial charge is 0.0975 e. The molecule has 0 unspecified atom stereocenters. The molecule has 0 aromatic heterocycles. The molecule has 0 aliphatic carbocycles. The summed E-state index contributed by atoms with van der Waals surface area (Å²) < 4.78 is 0. The monoisotopic (exact) mass is 375 g/mol. The van der Waals surface area contributed by atoms with Gasteiger partial charge < -0.3 is 0 Å². The number of aryl methyl sites for hydroxylation is 1. The van der Waals surface area contributed by atoms with Gasteiger partial charge in [-0.15, -0.1) is 11.8 Å². The van der Waals surface area contributed by atoms with Gasteiger partial charge in [0.1, 0.15) is 0 Å². The third-order valence-corrected chi connectivity index (χ3v) is 5.48. The second-order valence-electron chi connectivity index (χ2n) is 5.79. The Balaban J connectivity index is 1.72. The Morgan fingerprint density at radius 1 is 0.846 bits per heavy atom. The van der Waals surface area contributed by atoms with Gasteiger partial charge in [-0.2, -0.15) is 0 Å². The van der Waals surface area contributed by atoms with E-state index in [4.69, 9.17) is 4.99 Å². The molecule has 0 spiro atoms. The zero-order valence-corrected chi connectivity index (χ0v) is 16.3. The van der Waals surface area contributed by atoms with E-state index in [9.17, 15) is 0 Å². The van der Waals surface area contributed by atoms with Crippen LogP contribution in [0.25, 0.3) is 0 Å². The Morgan fingerprint density at radius 2 is 1.50 bits per heavy atom. The molecule has 0 saturated heterocycles. The summed E-state index contributed by atoms with van der Waals surface area (Å²) in [6.45, 7) is 2.09. The molecule has 3 heteroatoms. The van der Waals surface area contributed by atoms with E-state index in [1.807, 2.05) is 12.1 Å². The van der Waals surface area contributed by atoms with Gasteiger partial charge >= 0.3 is 0 Å². The molecule has 3 aromatic carbocycles. The number of benzene rings is 3. The molecule has 3 rings (SSSR count). The Hall–Kier alpha value is -2.23. The molecule has 3 aromatic rings. The number of nitrogens with zero attached hydrogens (tertiary/aromatic N) is 1. The highest BCUT2D eigenvalue weighted by atomic mass is 32.2. The van der Waals surface area contributed by atoms with Crippen molar-refractivity contribution in [2.75, 3.05) is 0 Å². The standard InChI is InChI=1S/C23H21NS2/c1-19-12-14-21(15-13-19)24-23(26-18-20-8-4-2-5-9-20)16-17-25-22-10-6-3-7-11-22/h2-17H,18H2,1H3. The maximum absolute atomic E-state index is 4.83. The molecular weight excluding hydrogens is 354 g/mol. The molecule has 0 aliphatic rings. The number of hydrogen-bond donors (Lipinski definition) is 0. The molecule has 0 atom stereocenters. The van der Waals surface area contributed by atoms with E-state index in [0.29, 0.717) is 0 Å². The molecule has 0 saturated carbocycles. The van der Waals surface area contributed by atoms with Crippen molar-refractivity contribution in [1.29, 1.82) is 0 Å². The SMILES string of the molecule is Cc1ccc(N=C(C=CSc2ccccc2)SCc2ccccc2)cc1. The maximum Gasteiger partial charge on any atom is 0.0975 e. The summed E-state index contributed by atoms with van der Waals surface area (Å²) in [6, 6.07) is 29.2. The predicted octanol–water partition coefficient (Wildman–Crippen LogP) is 7.26. The van der Waals surface area contributed by atoms with E-state index in [1.165, 1.54) is 16.0 Å². The zero-order chi connectivity index (χ0) is 18.0. The molecule has 0 aliphatic heterocycles. The molecular formula is C23H21NS2. The van der Waals surface area contributed by atoms with E-state index in [1.54, 1.807) is 23.5 Å². The molecule has 0 radical (unpaired) electrons. The first kappa shape index (κ1) is 18.6. The first-order chi connectivity index (χ1) is 12.8. The van der Waals surface area contributed by atoms with Crippen LogP contribution in [0.15, 0.2) is 106 Å². The van der Waals surface area contributed by atoms with Gasteiger partial charge in [-0.3, -0.25) is 0 Å². The Morgan fingerprint density at radius 3 is 2.19 bits per heavy atom. The van der Waals surface area contributed by atoms with Gasteiger partial charge in [0.25, 0.3) is 0 Å². The topological polar surface area (TPSA) is 12.4 Å². The van der Waals surface area contributed by atoms with Crippen LogP contribution in [0.5, 0.6) is 0 Å². The van der Waals surface area contributed by atoms with Crippen LogP contribution in [-0.2, 0) is 5.75 Å². The normalized spacial score (nSPS) is 11.8. The van der Waals surface area contributed by atoms with Crippen molar-refractivity contribution in [2.24, 2.45) is 4.99 Å². The lowest BCUT2D eigenvalue weighted by atomic mass is 10.2. The highest BCUT2D eigenvalue weighted by Gasteiger charge is 2.00. The van der Waals surface area contributed by atoms with Gasteiger partial charge in [0.2, 0.25) is 0 Å². The van der Waals surface area contributed by atoms with Crippen LogP contribution in [0.1, 0.15) is 11.1 Å². The van der Waals surface area contributed by atoms with Crippen LogP contribution in [0.2, 0.25) is 0 Å². The third-order valence-electron chi connectivity index (χ3n) is 3.66. The minimum Gasteiger partial charge on any atom is -0.242 e. The van der Waals surface area contributed by atoms with Crippen LogP contribution in [0.3, 0.4) is 0 Å². The van der Waals surface area contributed by atoms with Gasteiger partial charge in [0.05, 0.1) is 10.7 Å². The van der Waals surface area contributed by atoms with Gasteiger partial charge in [-0.25, -0.2) is 4.99 Å². The minimum atomic E-state index is 0.909. The molecule has 0 heterocycles. The average molecular weight is 376 g/mol. The van der Waals surface area contributed by atoms with Crippen molar-refractivity contribution in [2.45, 2.75) is 17.6 Å². The zero-order valence-electron chi connectivity index (χ0n) is 14.7. The first-order valence-electron chi connectivity index (χ1n) is 8.50. The fourth-order valence-corrected chi connectivity index (χ4v) is 3.86. The Labute approximate surface area is 164 Å². The summed E-state index contributed by atoms with van der Waals surface area (Å²) in [5.41, 5.74) is 3.54. The highest BCUT2D eigenvalue weighted by Crippen LogP contribution is 2.23. The predicted molar refractivity (Wildman–Crippen MR) is 117 cm³/mol. The number of hydrogen-bond acceptors (Lipinski definition) is 3. The number of rotatable bonds is 6. The van der Waals surface area contributed by atoms with E-state index in [0.717, 1.165) is 16.5 Å². The van der Waals surface area contributed by atoms with Crippen molar-refractivity contribution in [3.63, 3.8) is 0 Å². The van der Waals surface area contributed by atoms with E-state index < -0.39 is 0 Å². The highest BCUT2D eigenvalue weighted by molar-refractivity contribution is 8.13. The van der Waals surface area contributed by atoms with E-state index >= 15 is 0 Å². The van der Waals surface area contributed by atoms with Gasteiger partial charge in [-0.05, 0) is 48.2 Å². The van der Waals surface area contributed by atoms with Gasteiger partial charge in [0, 0.05) is 10.6 Å².